The number of aliphatic hydroxyl groups is 1. The predicted molar refractivity (Wildman–Crippen MR) is 86.7 cm³/mol. The lowest BCUT2D eigenvalue weighted by Crippen LogP contribution is -2.18. The fourth-order valence-corrected chi connectivity index (χ4v) is 2.20. The maximum absolute atomic E-state index is 13.0. The summed E-state index contributed by atoms with van der Waals surface area (Å²) in [5.41, 5.74) is -4.09. The van der Waals surface area contributed by atoms with Crippen molar-refractivity contribution in [3.8, 4) is 6.07 Å². The quantitative estimate of drug-likeness (QED) is 0.324. The number of nitriles is 1. The van der Waals surface area contributed by atoms with Crippen molar-refractivity contribution < 1.29 is 36.2 Å². The van der Waals surface area contributed by atoms with E-state index in [2.05, 4.69) is 0 Å². The van der Waals surface area contributed by atoms with E-state index in [1.807, 2.05) is 5.32 Å². The number of aliphatic hydroxyl groups excluding tert-OH is 1. The molecule has 0 aromatic heterocycles. The number of alkyl halides is 6. The largest absolute Gasteiger partial charge is 0.506 e. The van der Waals surface area contributed by atoms with Crippen LogP contribution >= 0.6 is 0 Å². The molecule has 2 aromatic rings. The van der Waals surface area contributed by atoms with Crippen LogP contribution in [0.2, 0.25) is 0 Å². The van der Waals surface area contributed by atoms with Crippen molar-refractivity contribution >= 4 is 17.4 Å². The van der Waals surface area contributed by atoms with Gasteiger partial charge in [-0.2, -0.15) is 31.6 Å². The van der Waals surface area contributed by atoms with Gasteiger partial charge in [-0.05, 0) is 24.3 Å². The Balaban J connectivity index is 2.37. The van der Waals surface area contributed by atoms with Crippen molar-refractivity contribution in [2.75, 3.05) is 5.32 Å². The molecule has 0 bridgehead atoms. The summed E-state index contributed by atoms with van der Waals surface area (Å²) >= 11 is 0. The van der Waals surface area contributed by atoms with Gasteiger partial charge in [0.05, 0.1) is 16.8 Å². The van der Waals surface area contributed by atoms with Crippen LogP contribution in [0.25, 0.3) is 5.76 Å². The number of carbonyl (C=O) groups excluding carboxylic acids is 1. The molecule has 0 saturated carbocycles. The zero-order valence-corrected chi connectivity index (χ0v) is 13.7. The molecule has 1 amide bonds. The first-order chi connectivity index (χ1) is 12.9. The second kappa shape index (κ2) is 7.64. The van der Waals surface area contributed by atoms with Gasteiger partial charge < -0.3 is 10.4 Å². The first kappa shape index (κ1) is 20.8. The molecule has 0 aliphatic carbocycles. The number of hydrogen-bond acceptors (Lipinski definition) is 3. The lowest BCUT2D eigenvalue weighted by atomic mass is 10.1. The number of nitrogens with one attached hydrogen (secondary N) is 1. The number of para-hydroxylation sites is 1. The van der Waals surface area contributed by atoms with Crippen molar-refractivity contribution in [3.63, 3.8) is 0 Å². The molecule has 0 spiro atoms. The maximum Gasteiger partial charge on any atom is 0.418 e. The molecule has 2 rings (SSSR count). The Morgan fingerprint density at radius 2 is 1.50 bits per heavy atom. The smallest absolute Gasteiger partial charge is 0.418 e. The summed E-state index contributed by atoms with van der Waals surface area (Å²) in [6.07, 6.45) is -9.41. The van der Waals surface area contributed by atoms with Crippen LogP contribution in [0.3, 0.4) is 0 Å². The molecule has 0 unspecified atom stereocenters. The third-order valence-corrected chi connectivity index (χ3v) is 3.54. The molecule has 146 valence electrons. The van der Waals surface area contributed by atoms with Crippen molar-refractivity contribution in [2.45, 2.75) is 12.4 Å². The van der Waals surface area contributed by atoms with Crippen LogP contribution in [0.5, 0.6) is 0 Å². The van der Waals surface area contributed by atoms with Crippen molar-refractivity contribution in [3.05, 3.63) is 70.8 Å². The molecule has 0 heterocycles. The average Bonchev–Trinajstić information content (AvgIpc) is 2.61. The fraction of sp³-hybridized carbons (Fsp3) is 0.111. The van der Waals surface area contributed by atoms with E-state index in [1.54, 1.807) is 0 Å². The number of nitrogens with zero attached hydrogens (tertiary/aromatic N) is 1. The van der Waals surface area contributed by atoms with Crippen LogP contribution in [0.4, 0.5) is 32.0 Å². The molecule has 28 heavy (non-hydrogen) atoms. The summed E-state index contributed by atoms with van der Waals surface area (Å²) in [4.78, 5) is 12.2. The minimum absolute atomic E-state index is 0.288. The van der Waals surface area contributed by atoms with E-state index in [0.29, 0.717) is 18.2 Å². The van der Waals surface area contributed by atoms with Gasteiger partial charge >= 0.3 is 12.4 Å². The van der Waals surface area contributed by atoms with Gasteiger partial charge in [0.15, 0.2) is 5.57 Å². The highest BCUT2D eigenvalue weighted by Gasteiger charge is 2.34. The molecule has 0 fully saturated rings. The van der Waals surface area contributed by atoms with E-state index in [9.17, 15) is 36.2 Å². The zero-order chi connectivity index (χ0) is 21.1. The second-order valence-electron chi connectivity index (χ2n) is 5.41. The monoisotopic (exact) mass is 400 g/mol. The number of benzene rings is 2. The first-order valence-electron chi connectivity index (χ1n) is 7.43. The number of carbonyl (C=O) groups is 1. The standard InChI is InChI=1S/C18H10F6N2O2/c19-17(20,21)11-7-5-10(6-8-11)15(27)12(9-25)16(28)26-14-4-2-1-3-13(14)18(22,23)24/h1-8,27H,(H,26,28)/b15-12-. The van der Waals surface area contributed by atoms with E-state index in [4.69, 9.17) is 5.26 Å². The third kappa shape index (κ3) is 4.62. The van der Waals surface area contributed by atoms with E-state index in [1.165, 1.54) is 12.1 Å². The van der Waals surface area contributed by atoms with Gasteiger partial charge in [0, 0.05) is 5.56 Å². The van der Waals surface area contributed by atoms with Crippen LogP contribution < -0.4 is 5.32 Å². The van der Waals surface area contributed by atoms with E-state index in [-0.39, 0.29) is 5.56 Å². The Hall–Kier alpha value is -3.48. The highest BCUT2D eigenvalue weighted by Crippen LogP contribution is 2.35. The third-order valence-electron chi connectivity index (χ3n) is 3.54. The van der Waals surface area contributed by atoms with Crippen LogP contribution in [-0.2, 0) is 17.1 Å². The minimum atomic E-state index is -4.78. The Morgan fingerprint density at radius 1 is 0.929 bits per heavy atom. The van der Waals surface area contributed by atoms with E-state index < -0.39 is 46.4 Å². The van der Waals surface area contributed by atoms with Gasteiger partial charge in [0.2, 0.25) is 0 Å². The van der Waals surface area contributed by atoms with Crippen molar-refractivity contribution in [1.82, 2.24) is 0 Å². The maximum atomic E-state index is 13.0. The van der Waals surface area contributed by atoms with Crippen LogP contribution in [0, 0.1) is 11.3 Å². The summed E-state index contributed by atoms with van der Waals surface area (Å²) in [7, 11) is 0. The van der Waals surface area contributed by atoms with Gasteiger partial charge in [-0.15, -0.1) is 0 Å². The number of rotatable bonds is 3. The molecule has 0 saturated heterocycles. The molecular formula is C18H10F6N2O2. The van der Waals surface area contributed by atoms with Gasteiger partial charge in [-0.3, -0.25) is 4.79 Å². The summed E-state index contributed by atoms with van der Waals surface area (Å²) in [5.74, 6) is -2.32. The molecule has 2 aromatic carbocycles. The molecule has 4 nitrogen and oxygen atoms in total. The Bertz CT molecular complexity index is 954. The molecule has 0 atom stereocenters. The first-order valence-corrected chi connectivity index (χ1v) is 7.43. The molecule has 0 radical (unpaired) electrons. The average molecular weight is 400 g/mol. The number of halogens is 6. The zero-order valence-electron chi connectivity index (χ0n) is 13.7. The van der Waals surface area contributed by atoms with Crippen LogP contribution in [0.1, 0.15) is 16.7 Å². The van der Waals surface area contributed by atoms with Crippen LogP contribution in [0.15, 0.2) is 54.1 Å². The van der Waals surface area contributed by atoms with E-state index >= 15 is 0 Å². The summed E-state index contributed by atoms with van der Waals surface area (Å²) in [5, 5.41) is 21.0. The highest BCUT2D eigenvalue weighted by atomic mass is 19.4. The molecule has 0 aliphatic heterocycles. The number of anilines is 1. The highest BCUT2D eigenvalue weighted by molar-refractivity contribution is 6.11. The van der Waals surface area contributed by atoms with E-state index in [0.717, 1.165) is 24.3 Å². The predicted octanol–water partition coefficient (Wildman–Crippen LogP) is 5.16. The van der Waals surface area contributed by atoms with Gasteiger partial charge in [-0.25, -0.2) is 0 Å². The topological polar surface area (TPSA) is 73.1 Å². The fourth-order valence-electron chi connectivity index (χ4n) is 2.20. The lowest BCUT2D eigenvalue weighted by molar-refractivity contribution is -0.138. The molecule has 0 aliphatic rings. The van der Waals surface area contributed by atoms with Gasteiger partial charge in [0.1, 0.15) is 11.8 Å². The normalized spacial score (nSPS) is 12.8. The summed E-state index contributed by atoms with van der Waals surface area (Å²) in [6.45, 7) is 0. The Kier molecular flexibility index (Phi) is 5.68. The Morgan fingerprint density at radius 3 is 2.00 bits per heavy atom. The SMILES string of the molecule is N#C/C(C(=O)Nc1ccccc1C(F)(F)F)=C(/O)c1ccc(C(F)(F)F)cc1. The van der Waals surface area contributed by atoms with Crippen molar-refractivity contribution in [1.29, 1.82) is 5.26 Å². The number of amides is 1. The molecular weight excluding hydrogens is 390 g/mol. The second-order valence-corrected chi connectivity index (χ2v) is 5.41. The number of hydrogen-bond donors (Lipinski definition) is 2. The van der Waals surface area contributed by atoms with Gasteiger partial charge in [0.25, 0.3) is 5.91 Å². The van der Waals surface area contributed by atoms with Gasteiger partial charge in [-0.1, -0.05) is 24.3 Å². The molecule has 10 heteroatoms. The van der Waals surface area contributed by atoms with Crippen molar-refractivity contribution in [2.24, 2.45) is 0 Å². The van der Waals surface area contributed by atoms with Crippen LogP contribution in [-0.4, -0.2) is 11.0 Å². The summed E-state index contributed by atoms with van der Waals surface area (Å²) < 4.78 is 76.6. The Labute approximate surface area is 154 Å². The lowest BCUT2D eigenvalue weighted by Gasteiger charge is -2.13. The minimum Gasteiger partial charge on any atom is -0.506 e. The summed E-state index contributed by atoms with van der Waals surface area (Å²) in [6, 6.07) is 8.21. The molecule has 2 N–H and O–H groups in total.